The van der Waals surface area contributed by atoms with Crippen LogP contribution in [0, 0.1) is 6.92 Å². The zero-order valence-corrected chi connectivity index (χ0v) is 34.0. The van der Waals surface area contributed by atoms with E-state index in [2.05, 4.69) is 95.0 Å². The SMILES string of the molecule is COc1cccc(C(=O)N[C@@H]2[C@@H]3O[Si](C(C)C)(C(C)C)O[Si](C(C)C)(C(C)C)OC[C@H]3O[C@H]2n2cnc3c(NCc4ccccc4C)ncnc32)c1. The minimum Gasteiger partial charge on any atom is -0.497 e. The number of benzene rings is 2. The molecule has 2 fully saturated rings. The van der Waals surface area contributed by atoms with Gasteiger partial charge >= 0.3 is 17.1 Å². The van der Waals surface area contributed by atoms with Crippen molar-refractivity contribution in [2.45, 2.75) is 116 Å². The predicted molar refractivity (Wildman–Crippen MR) is 206 cm³/mol. The van der Waals surface area contributed by atoms with E-state index in [0.717, 1.165) is 5.56 Å². The number of carbonyl (C=O) groups excluding carboxylic acids is 1. The molecule has 0 spiro atoms. The van der Waals surface area contributed by atoms with E-state index in [1.807, 2.05) is 22.8 Å². The Bertz CT molecular complexity index is 1850. The van der Waals surface area contributed by atoms with Crippen LogP contribution in [0.3, 0.4) is 0 Å². The number of hydrogen-bond acceptors (Lipinski definition) is 10. The molecular formula is C38H54N6O6Si2. The van der Waals surface area contributed by atoms with Crippen LogP contribution >= 0.6 is 0 Å². The van der Waals surface area contributed by atoms with Gasteiger partial charge in [0.15, 0.2) is 23.2 Å². The van der Waals surface area contributed by atoms with E-state index in [4.69, 9.17) is 27.4 Å². The van der Waals surface area contributed by atoms with Gasteiger partial charge < -0.3 is 33.1 Å². The molecule has 280 valence electrons. The fraction of sp³-hybridized carbons (Fsp3) is 0.526. The van der Waals surface area contributed by atoms with Gasteiger partial charge in [0.2, 0.25) is 0 Å². The molecule has 0 radical (unpaired) electrons. The number of anilines is 1. The Hall–Kier alpha value is -3.67. The number of aryl methyl sites for hydroxylation is 1. The Labute approximate surface area is 309 Å². The second-order valence-corrected chi connectivity index (χ2v) is 24.0. The van der Waals surface area contributed by atoms with Gasteiger partial charge in [-0.15, -0.1) is 0 Å². The number of hydrogen-bond donors (Lipinski definition) is 2. The topological polar surface area (TPSA) is 131 Å². The first-order chi connectivity index (χ1) is 24.8. The van der Waals surface area contributed by atoms with Crippen molar-refractivity contribution < 1.29 is 27.2 Å². The van der Waals surface area contributed by atoms with Gasteiger partial charge in [0.1, 0.15) is 30.3 Å². The summed E-state index contributed by atoms with van der Waals surface area (Å²) < 4.78 is 36.3. The van der Waals surface area contributed by atoms with Crippen molar-refractivity contribution in [2.75, 3.05) is 19.0 Å². The molecular weight excluding hydrogens is 693 g/mol. The van der Waals surface area contributed by atoms with Crippen molar-refractivity contribution in [1.82, 2.24) is 24.8 Å². The van der Waals surface area contributed by atoms with Gasteiger partial charge in [-0.25, -0.2) is 15.0 Å². The number of aromatic nitrogens is 4. The summed E-state index contributed by atoms with van der Waals surface area (Å²) in [5.41, 5.74) is 4.52. The third-order valence-electron chi connectivity index (χ3n) is 10.6. The molecule has 4 heterocycles. The van der Waals surface area contributed by atoms with E-state index < -0.39 is 41.6 Å². The number of ether oxygens (including phenoxy) is 2. The van der Waals surface area contributed by atoms with Crippen molar-refractivity contribution in [2.24, 2.45) is 0 Å². The lowest BCUT2D eigenvalue weighted by atomic mass is 10.1. The molecule has 2 aliphatic rings. The molecule has 2 N–H and O–H groups in total. The molecule has 4 aromatic rings. The maximum absolute atomic E-state index is 14.1. The zero-order chi connectivity index (χ0) is 37.4. The van der Waals surface area contributed by atoms with Gasteiger partial charge in [-0.1, -0.05) is 85.7 Å². The lowest BCUT2D eigenvalue weighted by Gasteiger charge is -2.51. The summed E-state index contributed by atoms with van der Waals surface area (Å²) in [5, 5.41) is 6.77. The summed E-state index contributed by atoms with van der Waals surface area (Å²) in [4.78, 5) is 28.1. The number of methoxy groups -OCH3 is 1. The summed E-state index contributed by atoms with van der Waals surface area (Å²) >= 11 is 0. The number of amides is 1. The van der Waals surface area contributed by atoms with Gasteiger partial charge in [-0.2, -0.15) is 0 Å². The summed E-state index contributed by atoms with van der Waals surface area (Å²) in [7, 11) is -4.30. The Morgan fingerprint density at radius 3 is 2.33 bits per heavy atom. The van der Waals surface area contributed by atoms with Crippen LogP contribution in [0.15, 0.2) is 61.2 Å². The monoisotopic (exact) mass is 746 g/mol. The molecule has 2 aromatic heterocycles. The maximum Gasteiger partial charge on any atom is 0.335 e. The summed E-state index contributed by atoms with van der Waals surface area (Å²) in [6, 6.07) is 14.7. The third kappa shape index (κ3) is 7.04. The molecule has 0 unspecified atom stereocenters. The van der Waals surface area contributed by atoms with E-state index in [1.165, 1.54) is 11.9 Å². The van der Waals surface area contributed by atoms with Gasteiger partial charge in [0.05, 0.1) is 20.0 Å². The minimum absolute atomic E-state index is 0.0942. The first kappa shape index (κ1) is 38.1. The van der Waals surface area contributed by atoms with Gasteiger partial charge in [-0.3, -0.25) is 9.36 Å². The Morgan fingerprint density at radius 1 is 0.942 bits per heavy atom. The number of fused-ring (bicyclic) bond motifs is 2. The summed E-state index contributed by atoms with van der Waals surface area (Å²) in [6.07, 6.45) is 1.42. The standard InChI is InChI=1S/C38H54N6O6Si2/c1-23(2)51(24(3)4)47-20-31-34(49-52(50-51,25(5)6)26(7)8)32(43-37(45)28-16-13-17-30(18-28)46-10)38(48-31)44-22-42-33-35(40-21-41-36(33)44)39-19-29-15-12-11-14-27(29)9/h11-18,21-26,31-32,34,38H,19-20H2,1-10H3,(H,43,45)(H,39,40,41)/t31-,32-,34-,38-/m1/s1. The lowest BCUT2D eigenvalue weighted by Crippen LogP contribution is -2.66. The Kier molecular flexibility index (Phi) is 11.2. The highest BCUT2D eigenvalue weighted by Gasteiger charge is 2.62. The average Bonchev–Trinajstić information content (AvgIpc) is 3.68. The molecule has 6 rings (SSSR count). The smallest absolute Gasteiger partial charge is 0.335 e. The summed E-state index contributed by atoms with van der Waals surface area (Å²) in [6.45, 7) is 20.5. The van der Waals surface area contributed by atoms with Crippen LogP contribution in [-0.4, -0.2) is 74.5 Å². The zero-order valence-electron chi connectivity index (χ0n) is 32.0. The average molecular weight is 747 g/mol. The highest BCUT2D eigenvalue weighted by atomic mass is 28.5. The van der Waals surface area contributed by atoms with Crippen LogP contribution in [0.2, 0.25) is 22.2 Å². The highest BCUT2D eigenvalue weighted by molar-refractivity contribution is 6.84. The number of rotatable bonds is 11. The maximum atomic E-state index is 14.1. The van der Waals surface area contributed by atoms with Crippen LogP contribution in [0.25, 0.3) is 11.2 Å². The second-order valence-electron chi connectivity index (χ2n) is 15.2. The van der Waals surface area contributed by atoms with E-state index in [1.54, 1.807) is 31.6 Å². The van der Waals surface area contributed by atoms with Crippen molar-refractivity contribution in [3.05, 3.63) is 77.9 Å². The largest absolute Gasteiger partial charge is 0.497 e. The van der Waals surface area contributed by atoms with Crippen molar-refractivity contribution in [3.63, 3.8) is 0 Å². The first-order valence-corrected chi connectivity index (χ1v) is 22.3. The van der Waals surface area contributed by atoms with E-state index >= 15 is 0 Å². The molecule has 52 heavy (non-hydrogen) atoms. The lowest BCUT2D eigenvalue weighted by molar-refractivity contribution is -0.0547. The van der Waals surface area contributed by atoms with Gasteiger partial charge in [-0.05, 0) is 58.4 Å². The molecule has 0 saturated carbocycles. The third-order valence-corrected chi connectivity index (χ3v) is 20.9. The van der Waals surface area contributed by atoms with E-state index in [9.17, 15) is 4.79 Å². The molecule has 1 amide bonds. The number of imidazole rings is 1. The molecule has 2 aliphatic heterocycles. The van der Waals surface area contributed by atoms with Crippen LogP contribution in [0.5, 0.6) is 5.75 Å². The molecule has 12 nitrogen and oxygen atoms in total. The Morgan fingerprint density at radius 2 is 1.65 bits per heavy atom. The first-order valence-electron chi connectivity index (χ1n) is 18.4. The fourth-order valence-corrected chi connectivity index (χ4v) is 18.9. The number of nitrogens with one attached hydrogen (secondary N) is 2. The number of carbonyl (C=O) groups is 1. The predicted octanol–water partition coefficient (Wildman–Crippen LogP) is 7.41. The minimum atomic E-state index is -3.05. The molecule has 14 heteroatoms. The summed E-state index contributed by atoms with van der Waals surface area (Å²) in [5.74, 6) is 0.919. The molecule has 2 saturated heterocycles. The number of nitrogens with zero attached hydrogens (tertiary/aromatic N) is 4. The highest BCUT2D eigenvalue weighted by Crippen LogP contribution is 2.48. The van der Waals surface area contributed by atoms with Crippen molar-refractivity contribution in [3.8, 4) is 5.75 Å². The normalized spacial score (nSPS) is 22.8. The van der Waals surface area contributed by atoms with E-state index in [0.29, 0.717) is 34.8 Å². The van der Waals surface area contributed by atoms with Crippen molar-refractivity contribution >= 4 is 40.0 Å². The van der Waals surface area contributed by atoms with Gasteiger partial charge in [0.25, 0.3) is 5.91 Å². The molecule has 2 aromatic carbocycles. The Balaban J connectivity index is 1.43. The molecule has 0 aliphatic carbocycles. The van der Waals surface area contributed by atoms with Crippen molar-refractivity contribution in [1.29, 1.82) is 0 Å². The van der Waals surface area contributed by atoms with Crippen LogP contribution in [0.1, 0.15) is 83.1 Å². The van der Waals surface area contributed by atoms with Gasteiger partial charge in [0, 0.05) is 12.1 Å². The molecule has 4 atom stereocenters. The van der Waals surface area contributed by atoms with Crippen LogP contribution in [0.4, 0.5) is 5.82 Å². The quantitative estimate of drug-likeness (QED) is 0.150. The van der Waals surface area contributed by atoms with Crippen LogP contribution in [-0.2, 0) is 24.2 Å². The van der Waals surface area contributed by atoms with Crippen LogP contribution < -0.4 is 15.4 Å². The van der Waals surface area contributed by atoms with E-state index in [-0.39, 0.29) is 34.7 Å². The fourth-order valence-electron chi connectivity index (χ4n) is 7.70. The molecule has 0 bridgehead atoms. The second kappa shape index (κ2) is 15.4.